The molecule has 1 saturated heterocycles. The number of hydrogen-bond donors (Lipinski definition) is 3. The predicted octanol–water partition coefficient (Wildman–Crippen LogP) is 1.54. The first-order valence-corrected chi connectivity index (χ1v) is 7.90. The zero-order chi connectivity index (χ0) is 17.2. The molecule has 2 aromatic rings. The van der Waals surface area contributed by atoms with E-state index in [-0.39, 0.29) is 25.3 Å². The lowest BCUT2D eigenvalue weighted by Gasteiger charge is -2.43. The topological polar surface area (TPSA) is 93.6 Å². The summed E-state index contributed by atoms with van der Waals surface area (Å²) in [6, 6.07) is 10.9. The lowest BCUT2D eigenvalue weighted by molar-refractivity contribution is -0.161. The molecule has 0 bridgehead atoms. The second kappa shape index (κ2) is 6.49. The smallest absolute Gasteiger partial charge is 0.314 e. The molecule has 2 atom stereocenters. The molecule has 0 unspecified atom stereocenters. The Morgan fingerprint density at radius 3 is 2.62 bits per heavy atom. The maximum Gasteiger partial charge on any atom is 0.314 e. The predicted molar refractivity (Wildman–Crippen MR) is 87.5 cm³/mol. The van der Waals surface area contributed by atoms with Gasteiger partial charge in [-0.25, -0.2) is 0 Å². The quantitative estimate of drug-likeness (QED) is 0.793. The SMILES string of the molecule is O=C(c1cc[nH]c1)N1CC[C@@H](O)[C@](Cc2ccccc2)(C(=O)O)C1. The van der Waals surface area contributed by atoms with Gasteiger partial charge in [0.15, 0.2) is 0 Å². The van der Waals surface area contributed by atoms with E-state index in [2.05, 4.69) is 4.98 Å². The number of carboxylic acids is 1. The molecule has 1 aliphatic heterocycles. The number of aliphatic hydroxyl groups is 1. The first-order valence-electron chi connectivity index (χ1n) is 7.90. The van der Waals surface area contributed by atoms with Crippen molar-refractivity contribution in [2.45, 2.75) is 18.9 Å². The first kappa shape index (κ1) is 16.3. The third kappa shape index (κ3) is 2.92. The van der Waals surface area contributed by atoms with Crippen molar-refractivity contribution in [2.75, 3.05) is 13.1 Å². The molecule has 0 saturated carbocycles. The van der Waals surface area contributed by atoms with Gasteiger partial charge in [-0.2, -0.15) is 0 Å². The first-order chi connectivity index (χ1) is 11.5. The molecule has 3 rings (SSSR count). The number of rotatable bonds is 4. The number of nitrogens with one attached hydrogen (secondary N) is 1. The average Bonchev–Trinajstić information content (AvgIpc) is 3.11. The third-order valence-corrected chi connectivity index (χ3v) is 4.70. The Kier molecular flexibility index (Phi) is 4.40. The van der Waals surface area contributed by atoms with Crippen molar-refractivity contribution in [2.24, 2.45) is 5.41 Å². The van der Waals surface area contributed by atoms with Crippen LogP contribution < -0.4 is 0 Å². The molecule has 2 heterocycles. The molecule has 1 aliphatic rings. The number of aliphatic hydroxyl groups excluding tert-OH is 1. The Balaban J connectivity index is 1.88. The van der Waals surface area contributed by atoms with Crippen LogP contribution in [0, 0.1) is 5.41 Å². The molecular formula is C18H20N2O4. The van der Waals surface area contributed by atoms with Gasteiger partial charge in [0.2, 0.25) is 0 Å². The van der Waals surface area contributed by atoms with E-state index in [1.807, 2.05) is 30.3 Å². The maximum atomic E-state index is 12.6. The Morgan fingerprint density at radius 1 is 1.25 bits per heavy atom. The number of amides is 1. The highest BCUT2D eigenvalue weighted by atomic mass is 16.4. The highest BCUT2D eigenvalue weighted by molar-refractivity contribution is 5.94. The van der Waals surface area contributed by atoms with E-state index in [1.165, 1.54) is 4.90 Å². The number of aromatic amines is 1. The van der Waals surface area contributed by atoms with Crippen LogP contribution in [0.25, 0.3) is 0 Å². The highest BCUT2D eigenvalue weighted by Crippen LogP contribution is 2.35. The summed E-state index contributed by atoms with van der Waals surface area (Å²) in [5.41, 5.74) is -0.0775. The number of carbonyl (C=O) groups excluding carboxylic acids is 1. The molecular weight excluding hydrogens is 308 g/mol. The molecule has 0 spiro atoms. The van der Waals surface area contributed by atoms with Gasteiger partial charge >= 0.3 is 5.97 Å². The molecule has 1 aromatic carbocycles. The maximum absolute atomic E-state index is 12.6. The largest absolute Gasteiger partial charge is 0.481 e. The number of piperidine rings is 1. The lowest BCUT2D eigenvalue weighted by atomic mass is 9.72. The minimum Gasteiger partial charge on any atom is -0.481 e. The number of carbonyl (C=O) groups is 2. The van der Waals surface area contributed by atoms with E-state index in [0.29, 0.717) is 12.1 Å². The molecule has 1 fully saturated rings. The minimum atomic E-state index is -1.40. The van der Waals surface area contributed by atoms with E-state index >= 15 is 0 Å². The molecule has 6 heteroatoms. The minimum absolute atomic E-state index is 0.0115. The molecule has 3 N–H and O–H groups in total. The van der Waals surface area contributed by atoms with Crippen LogP contribution >= 0.6 is 0 Å². The Morgan fingerprint density at radius 2 is 2.00 bits per heavy atom. The number of H-pyrrole nitrogens is 1. The summed E-state index contributed by atoms with van der Waals surface area (Å²) >= 11 is 0. The van der Waals surface area contributed by atoms with Gasteiger partial charge in [-0.1, -0.05) is 30.3 Å². The van der Waals surface area contributed by atoms with Gasteiger partial charge in [-0.15, -0.1) is 0 Å². The van der Waals surface area contributed by atoms with Crippen molar-refractivity contribution >= 4 is 11.9 Å². The van der Waals surface area contributed by atoms with Crippen LogP contribution in [0.4, 0.5) is 0 Å². The molecule has 24 heavy (non-hydrogen) atoms. The average molecular weight is 328 g/mol. The Bertz CT molecular complexity index is 714. The summed E-state index contributed by atoms with van der Waals surface area (Å²) in [6.07, 6.45) is 2.68. The van der Waals surface area contributed by atoms with Crippen LogP contribution in [0.5, 0.6) is 0 Å². The van der Waals surface area contributed by atoms with E-state index < -0.39 is 17.5 Å². The van der Waals surface area contributed by atoms with Gasteiger partial charge in [0.05, 0.1) is 11.7 Å². The normalized spacial score (nSPS) is 23.9. The molecule has 0 aliphatic carbocycles. The molecule has 126 valence electrons. The second-order valence-corrected chi connectivity index (χ2v) is 6.25. The van der Waals surface area contributed by atoms with Gasteiger partial charge in [-0.05, 0) is 24.5 Å². The molecule has 1 amide bonds. The molecule has 6 nitrogen and oxygen atoms in total. The summed E-state index contributed by atoms with van der Waals surface area (Å²) < 4.78 is 0. The fourth-order valence-electron chi connectivity index (χ4n) is 3.31. The van der Waals surface area contributed by atoms with Crippen LogP contribution in [0.15, 0.2) is 48.8 Å². The van der Waals surface area contributed by atoms with Crippen LogP contribution in [0.3, 0.4) is 0 Å². The number of aliphatic carboxylic acids is 1. The van der Waals surface area contributed by atoms with Crippen molar-refractivity contribution in [3.63, 3.8) is 0 Å². The summed E-state index contributed by atoms with van der Waals surface area (Å²) in [5.74, 6) is -1.30. The Labute approximate surface area is 139 Å². The molecule has 0 radical (unpaired) electrons. The summed E-state index contributed by atoms with van der Waals surface area (Å²) in [7, 11) is 0. The van der Waals surface area contributed by atoms with Gasteiger partial charge < -0.3 is 20.1 Å². The zero-order valence-corrected chi connectivity index (χ0v) is 13.2. The summed E-state index contributed by atoms with van der Waals surface area (Å²) in [6.45, 7) is 0.331. The van der Waals surface area contributed by atoms with Gasteiger partial charge in [0.25, 0.3) is 5.91 Å². The van der Waals surface area contributed by atoms with E-state index in [4.69, 9.17) is 0 Å². The van der Waals surface area contributed by atoms with Crippen molar-refractivity contribution < 1.29 is 19.8 Å². The van der Waals surface area contributed by atoms with Crippen LogP contribution in [0.1, 0.15) is 22.3 Å². The summed E-state index contributed by atoms with van der Waals surface area (Å²) in [5, 5.41) is 20.3. The number of nitrogens with zero attached hydrogens (tertiary/aromatic N) is 1. The third-order valence-electron chi connectivity index (χ3n) is 4.70. The highest BCUT2D eigenvalue weighted by Gasteiger charge is 2.50. The number of hydrogen-bond acceptors (Lipinski definition) is 3. The van der Waals surface area contributed by atoms with Crippen molar-refractivity contribution in [1.29, 1.82) is 0 Å². The van der Waals surface area contributed by atoms with Crippen molar-refractivity contribution in [3.8, 4) is 0 Å². The summed E-state index contributed by atoms with van der Waals surface area (Å²) in [4.78, 5) is 29.0. The number of likely N-dealkylation sites (tertiary alicyclic amines) is 1. The number of benzene rings is 1. The van der Waals surface area contributed by atoms with E-state index in [0.717, 1.165) is 5.56 Å². The Hall–Kier alpha value is -2.60. The molecule has 1 aromatic heterocycles. The number of carboxylic acid groups (broad SMARTS) is 1. The van der Waals surface area contributed by atoms with Gasteiger partial charge in [0, 0.05) is 25.5 Å². The van der Waals surface area contributed by atoms with Gasteiger partial charge in [-0.3, -0.25) is 9.59 Å². The van der Waals surface area contributed by atoms with Gasteiger partial charge in [0.1, 0.15) is 5.41 Å². The van der Waals surface area contributed by atoms with Crippen molar-refractivity contribution in [1.82, 2.24) is 9.88 Å². The fraction of sp³-hybridized carbons (Fsp3) is 0.333. The zero-order valence-electron chi connectivity index (χ0n) is 13.2. The van der Waals surface area contributed by atoms with Crippen LogP contribution in [-0.2, 0) is 11.2 Å². The van der Waals surface area contributed by atoms with Crippen LogP contribution in [0.2, 0.25) is 0 Å². The monoisotopic (exact) mass is 328 g/mol. The second-order valence-electron chi connectivity index (χ2n) is 6.25. The standard InChI is InChI=1S/C18H20N2O4/c21-15-7-9-20(16(22)14-6-8-19-11-14)12-18(15,17(23)24)10-13-4-2-1-3-5-13/h1-6,8,11,15,19,21H,7,9-10,12H2,(H,23,24)/t15-,18-/m1/s1. The lowest BCUT2D eigenvalue weighted by Crippen LogP contribution is -2.58. The van der Waals surface area contributed by atoms with E-state index in [1.54, 1.807) is 18.5 Å². The van der Waals surface area contributed by atoms with Crippen LogP contribution in [-0.4, -0.2) is 51.2 Å². The van der Waals surface area contributed by atoms with E-state index in [9.17, 15) is 19.8 Å². The van der Waals surface area contributed by atoms with Crippen molar-refractivity contribution in [3.05, 3.63) is 59.9 Å². The fourth-order valence-corrected chi connectivity index (χ4v) is 3.31. The number of aromatic nitrogens is 1.